The van der Waals surface area contributed by atoms with Gasteiger partial charge in [0, 0.05) is 0 Å². The van der Waals surface area contributed by atoms with Gasteiger partial charge in [0.1, 0.15) is 5.75 Å². The number of para-hydroxylation sites is 2. The number of nitrogens with one attached hydrogen (secondary N) is 2. The van der Waals surface area contributed by atoms with E-state index in [-0.39, 0.29) is 11.4 Å². The number of imide groups is 1. The van der Waals surface area contributed by atoms with E-state index in [2.05, 4.69) is 0 Å². The lowest BCUT2D eigenvalue weighted by molar-refractivity contribution is -0.201. The molecule has 152 valence electrons. The van der Waals surface area contributed by atoms with Crippen molar-refractivity contribution in [1.82, 2.24) is 10.6 Å². The topological polar surface area (TPSA) is 87.7 Å². The highest BCUT2D eigenvalue weighted by Gasteiger charge is 2.69. The number of anilines is 1. The average Bonchev–Trinajstić information content (AvgIpc) is 2.93. The molecule has 1 saturated heterocycles. The van der Waals surface area contributed by atoms with E-state index in [1.54, 1.807) is 41.0 Å². The summed E-state index contributed by atoms with van der Waals surface area (Å²) in [4.78, 5) is 37.7. The Morgan fingerprint density at radius 1 is 1.10 bits per heavy atom. The molecule has 3 rings (SSSR count). The number of carbonyl (C=O) groups is 3. The molecule has 0 aliphatic carbocycles. The number of benzene rings is 2. The third-order valence-corrected chi connectivity index (χ3v) is 4.31. The first-order chi connectivity index (χ1) is 13.7. The Morgan fingerprint density at radius 2 is 1.72 bits per heavy atom. The van der Waals surface area contributed by atoms with Crippen molar-refractivity contribution >= 4 is 23.5 Å². The highest BCUT2D eigenvalue weighted by molar-refractivity contribution is 6.24. The normalized spacial score (nSPS) is 19.1. The predicted octanol–water partition coefficient (Wildman–Crippen LogP) is 2.37. The van der Waals surface area contributed by atoms with Crippen molar-refractivity contribution in [2.75, 3.05) is 12.0 Å². The van der Waals surface area contributed by atoms with Crippen LogP contribution < -0.4 is 20.3 Å². The van der Waals surface area contributed by atoms with Crippen LogP contribution in [0.4, 0.5) is 23.7 Å². The molecule has 10 heteroatoms. The Morgan fingerprint density at radius 3 is 2.34 bits per heavy atom. The Hall–Kier alpha value is -3.56. The summed E-state index contributed by atoms with van der Waals surface area (Å²) < 4.78 is 46.7. The molecule has 0 bridgehead atoms. The second-order valence-electron chi connectivity index (χ2n) is 6.20. The summed E-state index contributed by atoms with van der Waals surface area (Å²) in [5.74, 6) is -2.74. The van der Waals surface area contributed by atoms with Crippen molar-refractivity contribution in [2.45, 2.75) is 18.3 Å². The van der Waals surface area contributed by atoms with Gasteiger partial charge >= 0.3 is 12.2 Å². The van der Waals surface area contributed by atoms with Gasteiger partial charge in [-0.1, -0.05) is 42.5 Å². The number of urea groups is 1. The molecule has 1 heterocycles. The molecule has 1 atom stereocenters. The summed E-state index contributed by atoms with van der Waals surface area (Å²) in [5.41, 5.74) is -3.32. The van der Waals surface area contributed by atoms with Crippen LogP contribution in [-0.4, -0.2) is 36.8 Å². The van der Waals surface area contributed by atoms with Gasteiger partial charge < -0.3 is 10.1 Å². The van der Waals surface area contributed by atoms with E-state index in [9.17, 15) is 27.6 Å². The molecule has 0 saturated carbocycles. The SMILES string of the molecule is COc1ccccc1N1C(=O)NC(NC(=O)Cc2ccccc2)(C(F)(F)F)C1=O. The molecule has 1 aliphatic rings. The van der Waals surface area contributed by atoms with E-state index in [0.29, 0.717) is 10.5 Å². The van der Waals surface area contributed by atoms with Crippen LogP contribution in [0.1, 0.15) is 5.56 Å². The van der Waals surface area contributed by atoms with Gasteiger partial charge in [-0.3, -0.25) is 14.9 Å². The Bertz CT molecular complexity index is 949. The summed E-state index contributed by atoms with van der Waals surface area (Å²) in [5, 5.41) is 3.27. The molecule has 2 aromatic carbocycles. The van der Waals surface area contributed by atoms with Gasteiger partial charge in [-0.05, 0) is 17.7 Å². The van der Waals surface area contributed by atoms with E-state index in [0.717, 1.165) is 0 Å². The summed E-state index contributed by atoms with van der Waals surface area (Å²) in [7, 11) is 1.25. The molecule has 7 nitrogen and oxygen atoms in total. The quantitative estimate of drug-likeness (QED) is 0.745. The van der Waals surface area contributed by atoms with Crippen LogP contribution in [0.2, 0.25) is 0 Å². The number of hydrogen-bond acceptors (Lipinski definition) is 4. The Kier molecular flexibility index (Phi) is 5.19. The van der Waals surface area contributed by atoms with Gasteiger partial charge in [0.15, 0.2) is 0 Å². The van der Waals surface area contributed by atoms with E-state index in [1.807, 2.05) is 0 Å². The maximum atomic E-state index is 13.9. The maximum absolute atomic E-state index is 13.9. The zero-order valence-corrected chi connectivity index (χ0v) is 15.1. The largest absolute Gasteiger partial charge is 0.495 e. The molecular weight excluding hydrogens is 391 g/mol. The molecule has 0 spiro atoms. The number of hydrogen-bond donors (Lipinski definition) is 2. The number of halogens is 3. The minimum atomic E-state index is -5.29. The molecule has 0 aromatic heterocycles. The molecule has 1 fully saturated rings. The van der Waals surface area contributed by atoms with Crippen molar-refractivity contribution in [3.05, 3.63) is 60.2 Å². The monoisotopic (exact) mass is 407 g/mol. The summed E-state index contributed by atoms with van der Waals surface area (Å²) in [6.45, 7) is 0. The molecule has 1 unspecified atom stereocenters. The molecule has 1 aliphatic heterocycles. The molecule has 29 heavy (non-hydrogen) atoms. The van der Waals surface area contributed by atoms with E-state index in [1.165, 1.54) is 31.4 Å². The van der Waals surface area contributed by atoms with Crippen LogP contribution in [-0.2, 0) is 16.0 Å². The zero-order valence-electron chi connectivity index (χ0n) is 15.1. The number of nitrogens with zero attached hydrogens (tertiary/aromatic N) is 1. The Labute approximate surface area is 163 Å². The van der Waals surface area contributed by atoms with Crippen LogP contribution in [0.3, 0.4) is 0 Å². The number of alkyl halides is 3. The number of rotatable bonds is 5. The van der Waals surface area contributed by atoms with E-state index >= 15 is 0 Å². The first-order valence-corrected chi connectivity index (χ1v) is 8.41. The standard InChI is InChI=1S/C19H16F3N3O4/c1-29-14-10-6-5-9-13(14)25-16(27)18(19(20,21)22,24-17(25)28)23-15(26)11-12-7-3-2-4-8-12/h2-10H,11H2,1H3,(H,23,26)(H,24,28). The van der Waals surface area contributed by atoms with Gasteiger partial charge in [0.05, 0.1) is 19.2 Å². The van der Waals surface area contributed by atoms with Gasteiger partial charge in [0.2, 0.25) is 5.91 Å². The average molecular weight is 407 g/mol. The zero-order chi connectivity index (χ0) is 21.2. The van der Waals surface area contributed by atoms with Crippen molar-refractivity contribution in [1.29, 1.82) is 0 Å². The lowest BCUT2D eigenvalue weighted by Gasteiger charge is -2.30. The van der Waals surface area contributed by atoms with Gasteiger partial charge in [-0.2, -0.15) is 13.2 Å². The smallest absolute Gasteiger partial charge is 0.440 e. The first-order valence-electron chi connectivity index (χ1n) is 8.41. The van der Waals surface area contributed by atoms with Crippen LogP contribution in [0.5, 0.6) is 5.75 Å². The van der Waals surface area contributed by atoms with Crippen LogP contribution >= 0.6 is 0 Å². The fourth-order valence-corrected chi connectivity index (χ4v) is 2.95. The van der Waals surface area contributed by atoms with Gasteiger partial charge in [0.25, 0.3) is 11.6 Å². The fraction of sp³-hybridized carbons (Fsp3) is 0.211. The van der Waals surface area contributed by atoms with E-state index < -0.39 is 36.1 Å². The molecule has 2 N–H and O–H groups in total. The molecule has 4 amide bonds. The number of ether oxygens (including phenoxy) is 1. The first kappa shape index (κ1) is 20.2. The number of methoxy groups -OCH3 is 1. The highest BCUT2D eigenvalue weighted by Crippen LogP contribution is 2.38. The minimum Gasteiger partial charge on any atom is -0.495 e. The highest BCUT2D eigenvalue weighted by atomic mass is 19.4. The van der Waals surface area contributed by atoms with Crippen molar-refractivity contribution in [3.63, 3.8) is 0 Å². The lowest BCUT2D eigenvalue weighted by Crippen LogP contribution is -2.69. The van der Waals surface area contributed by atoms with Crippen molar-refractivity contribution < 1.29 is 32.3 Å². The summed E-state index contributed by atoms with van der Waals surface area (Å²) in [6.07, 6.45) is -5.70. The fourth-order valence-electron chi connectivity index (χ4n) is 2.95. The van der Waals surface area contributed by atoms with Crippen molar-refractivity contribution in [3.8, 4) is 5.75 Å². The summed E-state index contributed by atoms with van der Waals surface area (Å²) >= 11 is 0. The molecule has 2 aromatic rings. The van der Waals surface area contributed by atoms with Crippen LogP contribution in [0, 0.1) is 0 Å². The van der Waals surface area contributed by atoms with Gasteiger partial charge in [-0.25, -0.2) is 9.69 Å². The molecule has 0 radical (unpaired) electrons. The van der Waals surface area contributed by atoms with E-state index in [4.69, 9.17) is 4.74 Å². The second kappa shape index (κ2) is 7.46. The Balaban J connectivity index is 1.95. The second-order valence-corrected chi connectivity index (χ2v) is 6.20. The van der Waals surface area contributed by atoms with Crippen LogP contribution in [0.25, 0.3) is 0 Å². The number of amides is 4. The third kappa shape index (κ3) is 3.60. The van der Waals surface area contributed by atoms with Gasteiger partial charge in [-0.15, -0.1) is 0 Å². The number of carbonyl (C=O) groups excluding carboxylic acids is 3. The maximum Gasteiger partial charge on any atom is 0.440 e. The summed E-state index contributed by atoms with van der Waals surface area (Å²) in [6, 6.07) is 12.3. The predicted molar refractivity (Wildman–Crippen MR) is 96.1 cm³/mol. The third-order valence-electron chi connectivity index (χ3n) is 4.31. The lowest BCUT2D eigenvalue weighted by atomic mass is 10.1. The van der Waals surface area contributed by atoms with Crippen molar-refractivity contribution in [2.24, 2.45) is 0 Å². The van der Waals surface area contributed by atoms with Crippen LogP contribution in [0.15, 0.2) is 54.6 Å². The minimum absolute atomic E-state index is 0.0181. The molecular formula is C19H16F3N3O4.